The average Bonchev–Trinajstić information content (AvgIpc) is 2.45. The lowest BCUT2D eigenvalue weighted by Gasteiger charge is -2.08. The molecule has 7 heteroatoms. The Labute approximate surface area is 127 Å². The third-order valence-corrected chi connectivity index (χ3v) is 3.22. The summed E-state index contributed by atoms with van der Waals surface area (Å²) in [5, 5.41) is 3.50. The zero-order valence-corrected chi connectivity index (χ0v) is 12.8. The van der Waals surface area contributed by atoms with Gasteiger partial charge in [-0.3, -0.25) is 0 Å². The van der Waals surface area contributed by atoms with Crippen LogP contribution in [0.25, 0.3) is 0 Å². The Kier molecular flexibility index (Phi) is 5.74. The molecule has 1 heterocycles. The van der Waals surface area contributed by atoms with Gasteiger partial charge in [-0.15, -0.1) is 0 Å². The minimum Gasteiger partial charge on any atom is -0.463 e. The second-order valence-corrected chi connectivity index (χ2v) is 5.20. The fourth-order valence-corrected chi connectivity index (χ4v) is 2.30. The van der Waals surface area contributed by atoms with Crippen molar-refractivity contribution in [1.29, 1.82) is 0 Å². The van der Waals surface area contributed by atoms with Crippen LogP contribution in [-0.4, -0.2) is 28.1 Å². The number of benzene rings is 1. The molecule has 0 bridgehead atoms. The van der Waals surface area contributed by atoms with Crippen LogP contribution in [0.2, 0.25) is 0 Å². The predicted molar refractivity (Wildman–Crippen MR) is 80.3 cm³/mol. The number of aromatic nitrogens is 3. The van der Waals surface area contributed by atoms with Gasteiger partial charge in [0.25, 0.3) is 0 Å². The van der Waals surface area contributed by atoms with E-state index >= 15 is 0 Å². The zero-order valence-electron chi connectivity index (χ0n) is 12.0. The summed E-state index contributed by atoms with van der Waals surface area (Å²) in [6.07, 6.45) is 0.870. The maximum absolute atomic E-state index is 13.2. The first-order valence-corrected chi connectivity index (χ1v) is 7.59. The summed E-state index contributed by atoms with van der Waals surface area (Å²) >= 11 is 1.27. The van der Waals surface area contributed by atoms with Crippen LogP contribution in [0.5, 0.6) is 6.01 Å². The van der Waals surface area contributed by atoms with Crippen molar-refractivity contribution < 1.29 is 9.13 Å². The molecule has 0 aliphatic heterocycles. The van der Waals surface area contributed by atoms with Crippen LogP contribution in [0.1, 0.15) is 20.3 Å². The summed E-state index contributed by atoms with van der Waals surface area (Å²) in [6, 6.07) is 6.57. The van der Waals surface area contributed by atoms with Crippen molar-refractivity contribution in [3.05, 3.63) is 30.1 Å². The van der Waals surface area contributed by atoms with Crippen molar-refractivity contribution in [3.63, 3.8) is 0 Å². The smallest absolute Gasteiger partial charge is 0.322 e. The minimum absolute atomic E-state index is 0.279. The summed E-state index contributed by atoms with van der Waals surface area (Å²) in [5.41, 5.74) is 0. The fourth-order valence-electron chi connectivity index (χ4n) is 1.51. The first kappa shape index (κ1) is 15.5. The predicted octanol–water partition coefficient (Wildman–Crippen LogP) is 3.38. The summed E-state index contributed by atoms with van der Waals surface area (Å²) in [5.74, 6) is 0.168. The van der Waals surface area contributed by atoms with Gasteiger partial charge in [0.15, 0.2) is 0 Å². The van der Waals surface area contributed by atoms with E-state index < -0.39 is 0 Å². The SMILES string of the molecule is CCCOc1nc(NCC)nc(Sc2cccc(F)c2)n1. The lowest BCUT2D eigenvalue weighted by atomic mass is 10.4. The molecule has 0 amide bonds. The molecule has 0 saturated carbocycles. The molecule has 2 aromatic rings. The Morgan fingerprint density at radius 3 is 2.81 bits per heavy atom. The molecule has 1 aromatic carbocycles. The Morgan fingerprint density at radius 2 is 2.10 bits per heavy atom. The van der Waals surface area contributed by atoms with Gasteiger partial charge in [0, 0.05) is 11.4 Å². The number of hydrogen-bond acceptors (Lipinski definition) is 6. The van der Waals surface area contributed by atoms with E-state index in [2.05, 4.69) is 20.3 Å². The standard InChI is InChI=1S/C14H17FN4OS/c1-3-8-20-13-17-12(16-4-2)18-14(19-13)21-11-7-5-6-10(15)9-11/h5-7,9H,3-4,8H2,1-2H3,(H,16,17,18,19). The van der Waals surface area contributed by atoms with Gasteiger partial charge >= 0.3 is 6.01 Å². The Balaban J connectivity index is 2.22. The van der Waals surface area contributed by atoms with E-state index in [-0.39, 0.29) is 11.8 Å². The Morgan fingerprint density at radius 1 is 1.24 bits per heavy atom. The van der Waals surface area contributed by atoms with Gasteiger partial charge in [0.05, 0.1) is 6.61 Å². The van der Waals surface area contributed by atoms with Crippen LogP contribution in [0, 0.1) is 5.82 Å². The number of nitrogens with zero attached hydrogens (tertiary/aromatic N) is 3. The zero-order chi connectivity index (χ0) is 15.1. The lowest BCUT2D eigenvalue weighted by molar-refractivity contribution is 0.288. The number of rotatable bonds is 7. The van der Waals surface area contributed by atoms with Crippen molar-refractivity contribution in [2.75, 3.05) is 18.5 Å². The van der Waals surface area contributed by atoms with Crippen molar-refractivity contribution in [2.45, 2.75) is 30.3 Å². The molecule has 0 spiro atoms. The van der Waals surface area contributed by atoms with E-state index in [1.807, 2.05) is 13.8 Å². The molecular formula is C14H17FN4OS. The minimum atomic E-state index is -0.289. The van der Waals surface area contributed by atoms with E-state index in [0.717, 1.165) is 11.3 Å². The number of hydrogen-bond donors (Lipinski definition) is 1. The summed E-state index contributed by atoms with van der Waals surface area (Å²) < 4.78 is 18.7. The normalized spacial score (nSPS) is 10.4. The van der Waals surface area contributed by atoms with Gasteiger partial charge in [-0.05, 0) is 43.3 Å². The number of ether oxygens (including phenoxy) is 1. The second kappa shape index (κ2) is 7.78. The van der Waals surface area contributed by atoms with Crippen molar-refractivity contribution in [3.8, 4) is 6.01 Å². The van der Waals surface area contributed by atoms with Crippen LogP contribution in [0.15, 0.2) is 34.3 Å². The van der Waals surface area contributed by atoms with E-state index in [1.54, 1.807) is 12.1 Å². The molecule has 0 atom stereocenters. The van der Waals surface area contributed by atoms with Crippen molar-refractivity contribution >= 4 is 17.7 Å². The lowest BCUT2D eigenvalue weighted by Crippen LogP contribution is -2.07. The van der Waals surface area contributed by atoms with E-state index in [9.17, 15) is 4.39 Å². The van der Waals surface area contributed by atoms with Gasteiger partial charge in [-0.25, -0.2) is 4.39 Å². The van der Waals surface area contributed by atoms with Gasteiger partial charge < -0.3 is 10.1 Å². The molecule has 2 rings (SSSR count). The van der Waals surface area contributed by atoms with Gasteiger partial charge in [-0.1, -0.05) is 13.0 Å². The first-order valence-electron chi connectivity index (χ1n) is 6.77. The largest absolute Gasteiger partial charge is 0.463 e. The molecule has 0 radical (unpaired) electrons. The summed E-state index contributed by atoms with van der Waals surface area (Å²) in [6.45, 7) is 5.20. The van der Waals surface area contributed by atoms with Crippen LogP contribution in [0.3, 0.4) is 0 Å². The topological polar surface area (TPSA) is 59.9 Å². The van der Waals surface area contributed by atoms with E-state index in [4.69, 9.17) is 4.74 Å². The molecule has 0 aliphatic rings. The molecule has 0 aliphatic carbocycles. The first-order chi connectivity index (χ1) is 10.2. The molecule has 1 aromatic heterocycles. The molecule has 112 valence electrons. The van der Waals surface area contributed by atoms with Gasteiger partial charge in [-0.2, -0.15) is 15.0 Å². The summed E-state index contributed by atoms with van der Waals surface area (Å²) in [4.78, 5) is 13.4. The average molecular weight is 308 g/mol. The van der Waals surface area contributed by atoms with Gasteiger partial charge in [0.1, 0.15) is 5.82 Å². The van der Waals surface area contributed by atoms with Crippen LogP contribution in [-0.2, 0) is 0 Å². The third kappa shape index (κ3) is 4.86. The van der Waals surface area contributed by atoms with Crippen molar-refractivity contribution in [1.82, 2.24) is 15.0 Å². The molecule has 5 nitrogen and oxygen atoms in total. The number of anilines is 1. The molecule has 1 N–H and O–H groups in total. The van der Waals surface area contributed by atoms with E-state index in [0.29, 0.717) is 24.3 Å². The van der Waals surface area contributed by atoms with Crippen LogP contribution < -0.4 is 10.1 Å². The number of halogens is 1. The maximum Gasteiger partial charge on any atom is 0.322 e. The number of nitrogens with one attached hydrogen (secondary N) is 1. The quantitative estimate of drug-likeness (QED) is 0.846. The van der Waals surface area contributed by atoms with Crippen LogP contribution >= 0.6 is 11.8 Å². The maximum atomic E-state index is 13.2. The highest BCUT2D eigenvalue weighted by atomic mass is 32.2. The fraction of sp³-hybridized carbons (Fsp3) is 0.357. The highest BCUT2D eigenvalue weighted by molar-refractivity contribution is 7.99. The van der Waals surface area contributed by atoms with Gasteiger partial charge in [0.2, 0.25) is 11.1 Å². The molecule has 21 heavy (non-hydrogen) atoms. The Bertz CT molecular complexity index is 597. The van der Waals surface area contributed by atoms with E-state index in [1.165, 1.54) is 23.9 Å². The monoisotopic (exact) mass is 308 g/mol. The molecule has 0 unspecified atom stereocenters. The highest BCUT2D eigenvalue weighted by Gasteiger charge is 2.09. The van der Waals surface area contributed by atoms with Crippen LogP contribution in [0.4, 0.5) is 10.3 Å². The van der Waals surface area contributed by atoms with Crippen molar-refractivity contribution in [2.24, 2.45) is 0 Å². The third-order valence-electron chi connectivity index (χ3n) is 2.37. The molecule has 0 saturated heterocycles. The molecular weight excluding hydrogens is 291 g/mol. The highest BCUT2D eigenvalue weighted by Crippen LogP contribution is 2.26. The second-order valence-electron chi connectivity index (χ2n) is 4.16. The Hall–Kier alpha value is -1.89. The summed E-state index contributed by atoms with van der Waals surface area (Å²) in [7, 11) is 0. The molecule has 0 fully saturated rings.